The van der Waals surface area contributed by atoms with Crippen molar-refractivity contribution in [1.29, 1.82) is 0 Å². The molecule has 1 spiro atoms. The number of unbranched alkanes of at least 4 members (excludes halogenated alkanes) is 1. The number of hydrogen-bond acceptors (Lipinski definition) is 6. The van der Waals surface area contributed by atoms with Gasteiger partial charge in [-0.2, -0.15) is 0 Å². The molecule has 1 N–H and O–H groups in total. The van der Waals surface area contributed by atoms with E-state index in [0.717, 1.165) is 38.5 Å². The number of allylic oxidation sites excluding steroid dienone is 1. The van der Waals surface area contributed by atoms with Gasteiger partial charge in [0.1, 0.15) is 6.04 Å². The van der Waals surface area contributed by atoms with Crippen LogP contribution in [-0.4, -0.2) is 80.1 Å². The first-order valence-corrected chi connectivity index (χ1v) is 15.8. The van der Waals surface area contributed by atoms with Crippen LogP contribution in [0.25, 0.3) is 0 Å². The zero-order chi connectivity index (χ0) is 28.4. The lowest BCUT2D eigenvalue weighted by molar-refractivity contribution is -0.156. The van der Waals surface area contributed by atoms with Crippen molar-refractivity contribution in [3.8, 4) is 0 Å². The Balaban J connectivity index is 1.74. The van der Waals surface area contributed by atoms with Crippen molar-refractivity contribution in [2.45, 2.75) is 113 Å². The molecule has 4 fully saturated rings. The van der Waals surface area contributed by atoms with Gasteiger partial charge in [-0.15, -0.1) is 24.9 Å². The van der Waals surface area contributed by atoms with Crippen LogP contribution in [-0.2, 0) is 19.1 Å². The van der Waals surface area contributed by atoms with Crippen LogP contribution in [0.5, 0.6) is 0 Å². The molecule has 2 amide bonds. The Labute approximate surface area is 238 Å². The number of ether oxygens (including phenoxy) is 1. The summed E-state index contributed by atoms with van der Waals surface area (Å²) in [5, 5.41) is 10.5. The molecule has 3 saturated heterocycles. The molecule has 2 bridgehead atoms. The molecular weight excluding hydrogens is 512 g/mol. The van der Waals surface area contributed by atoms with E-state index in [9.17, 15) is 19.5 Å². The number of nitrogens with zero attached hydrogens (tertiary/aromatic N) is 2. The topological polar surface area (TPSA) is 87.1 Å². The fraction of sp³-hybridized carbons (Fsp3) is 0.774. The second-order valence-electron chi connectivity index (χ2n) is 12.6. The fourth-order valence-corrected chi connectivity index (χ4v) is 10.1. The smallest absolute Gasteiger partial charge is 0.311 e. The first-order valence-electron chi connectivity index (χ1n) is 15.0. The van der Waals surface area contributed by atoms with Gasteiger partial charge in [-0.05, 0) is 57.8 Å². The van der Waals surface area contributed by atoms with Crippen LogP contribution >= 0.6 is 11.8 Å². The van der Waals surface area contributed by atoms with Crippen molar-refractivity contribution in [1.82, 2.24) is 9.80 Å². The molecule has 3 heterocycles. The third-order valence-corrected chi connectivity index (χ3v) is 11.5. The van der Waals surface area contributed by atoms with E-state index >= 15 is 0 Å². The summed E-state index contributed by atoms with van der Waals surface area (Å²) in [7, 11) is 0. The van der Waals surface area contributed by atoms with Crippen LogP contribution in [0.15, 0.2) is 25.3 Å². The van der Waals surface area contributed by atoms with Crippen molar-refractivity contribution in [2.24, 2.45) is 17.8 Å². The molecule has 218 valence electrons. The van der Waals surface area contributed by atoms with E-state index in [4.69, 9.17) is 4.74 Å². The lowest BCUT2D eigenvalue weighted by Gasteiger charge is -2.42. The van der Waals surface area contributed by atoms with Gasteiger partial charge in [0.2, 0.25) is 11.8 Å². The Kier molecular flexibility index (Phi) is 9.57. The van der Waals surface area contributed by atoms with Gasteiger partial charge in [-0.1, -0.05) is 45.3 Å². The zero-order valence-corrected chi connectivity index (χ0v) is 24.9. The van der Waals surface area contributed by atoms with Gasteiger partial charge in [0.25, 0.3) is 0 Å². The number of likely N-dealkylation sites (tertiary alicyclic amines) is 1. The average molecular weight is 561 g/mol. The highest BCUT2D eigenvalue weighted by molar-refractivity contribution is 8.02. The number of aliphatic hydroxyl groups is 1. The number of amides is 2. The van der Waals surface area contributed by atoms with E-state index in [-0.39, 0.29) is 36.4 Å². The summed E-state index contributed by atoms with van der Waals surface area (Å²) in [6.45, 7) is 14.4. The maximum atomic E-state index is 14.7. The number of fused-ring (bicyclic) bond motifs is 1. The quantitative estimate of drug-likeness (QED) is 0.199. The first kappa shape index (κ1) is 30.2. The normalized spacial score (nSPS) is 32.8. The Bertz CT molecular complexity index is 949. The highest BCUT2D eigenvalue weighted by Crippen LogP contribution is 2.72. The van der Waals surface area contributed by atoms with Gasteiger partial charge in [-0.3, -0.25) is 14.4 Å². The molecule has 0 radical (unpaired) electrons. The standard InChI is InChI=1S/C31H48N2O5S/c1-6-8-12-18-38-29(37)25-24-27(35)33(23(20-34)19-21(3)4)26(31(24)16-15-30(25,5)39-31)28(36)32(17-7-2)22-13-10-9-11-14-22/h6-7,21-26,34H,1-2,8-20H2,3-5H3/t23-,24+,25-,26?,30+,31?/m1/s1. The Morgan fingerprint density at radius 3 is 2.54 bits per heavy atom. The van der Waals surface area contributed by atoms with E-state index < -0.39 is 33.4 Å². The summed E-state index contributed by atoms with van der Waals surface area (Å²) >= 11 is 1.67. The monoisotopic (exact) mass is 560 g/mol. The molecule has 1 saturated carbocycles. The molecule has 7 nitrogen and oxygen atoms in total. The highest BCUT2D eigenvalue weighted by Gasteiger charge is 2.78. The maximum absolute atomic E-state index is 14.7. The second-order valence-corrected chi connectivity index (χ2v) is 14.5. The predicted octanol–water partition coefficient (Wildman–Crippen LogP) is 4.73. The molecule has 8 heteroatoms. The number of esters is 1. The molecule has 39 heavy (non-hydrogen) atoms. The lowest BCUT2D eigenvalue weighted by atomic mass is 9.66. The number of thioether (sulfide) groups is 1. The summed E-state index contributed by atoms with van der Waals surface area (Å²) in [5.74, 6) is -1.54. The van der Waals surface area contributed by atoms with Crippen LogP contribution in [0.2, 0.25) is 0 Å². The first-order chi connectivity index (χ1) is 18.6. The molecule has 6 atom stereocenters. The number of carbonyl (C=O) groups excluding carboxylic acids is 3. The van der Waals surface area contributed by atoms with E-state index in [1.54, 1.807) is 28.8 Å². The van der Waals surface area contributed by atoms with Crippen LogP contribution < -0.4 is 0 Å². The molecule has 0 aromatic rings. The van der Waals surface area contributed by atoms with E-state index in [1.807, 2.05) is 4.90 Å². The van der Waals surface area contributed by atoms with Crippen LogP contribution in [0.4, 0.5) is 0 Å². The van der Waals surface area contributed by atoms with Crippen molar-refractivity contribution < 1.29 is 24.2 Å². The molecule has 3 aliphatic heterocycles. The molecule has 1 aliphatic carbocycles. The van der Waals surface area contributed by atoms with E-state index in [2.05, 4.69) is 33.9 Å². The fourth-order valence-electron chi connectivity index (χ4n) is 7.81. The largest absolute Gasteiger partial charge is 0.465 e. The zero-order valence-electron chi connectivity index (χ0n) is 24.1. The minimum absolute atomic E-state index is 0.0448. The van der Waals surface area contributed by atoms with Crippen LogP contribution in [0, 0.1) is 17.8 Å². The second kappa shape index (κ2) is 12.4. The van der Waals surface area contributed by atoms with E-state index in [0.29, 0.717) is 32.4 Å². The van der Waals surface area contributed by atoms with Crippen molar-refractivity contribution in [3.05, 3.63) is 25.3 Å². The maximum Gasteiger partial charge on any atom is 0.311 e. The number of rotatable bonds is 13. The van der Waals surface area contributed by atoms with Crippen LogP contribution in [0.3, 0.4) is 0 Å². The number of carbonyl (C=O) groups is 3. The van der Waals surface area contributed by atoms with Gasteiger partial charge in [0.15, 0.2) is 0 Å². The third kappa shape index (κ3) is 5.44. The van der Waals surface area contributed by atoms with Gasteiger partial charge in [0.05, 0.1) is 35.8 Å². The number of hydrogen-bond donors (Lipinski definition) is 1. The van der Waals surface area contributed by atoms with Gasteiger partial charge >= 0.3 is 5.97 Å². The van der Waals surface area contributed by atoms with Crippen molar-refractivity contribution in [2.75, 3.05) is 19.8 Å². The SMILES string of the molecule is C=CCCCOC(=O)[C@H]1[C@H]2C(=O)N([C@@H](CO)CC(C)C)C(C(=O)N(CC=C)C3CCCCC3)C23CC[C@]1(C)S3. The summed E-state index contributed by atoms with van der Waals surface area (Å²) < 4.78 is 4.57. The Hall–Kier alpha value is -1.80. The lowest BCUT2D eigenvalue weighted by Crippen LogP contribution is -2.59. The average Bonchev–Trinajstić information content (AvgIpc) is 3.49. The minimum atomic E-state index is -0.710. The van der Waals surface area contributed by atoms with E-state index in [1.165, 1.54) is 6.42 Å². The molecule has 4 aliphatic rings. The highest BCUT2D eigenvalue weighted by atomic mass is 32.2. The Morgan fingerprint density at radius 2 is 1.92 bits per heavy atom. The summed E-state index contributed by atoms with van der Waals surface area (Å²) in [4.78, 5) is 46.4. The van der Waals surface area contributed by atoms with Crippen molar-refractivity contribution in [3.63, 3.8) is 0 Å². The Morgan fingerprint density at radius 1 is 1.21 bits per heavy atom. The van der Waals surface area contributed by atoms with Gasteiger partial charge in [0, 0.05) is 17.3 Å². The molecule has 0 aromatic carbocycles. The minimum Gasteiger partial charge on any atom is -0.465 e. The summed E-state index contributed by atoms with van der Waals surface area (Å²) in [6, 6.07) is -1.06. The molecular formula is C31H48N2O5S. The summed E-state index contributed by atoms with van der Waals surface area (Å²) in [6.07, 6.45) is 12.4. The third-order valence-electron chi connectivity index (χ3n) is 9.47. The van der Waals surface area contributed by atoms with Gasteiger partial charge in [-0.25, -0.2) is 0 Å². The molecule has 2 unspecified atom stereocenters. The van der Waals surface area contributed by atoms with Gasteiger partial charge < -0.3 is 19.6 Å². The van der Waals surface area contributed by atoms with Crippen LogP contribution in [0.1, 0.15) is 85.0 Å². The van der Waals surface area contributed by atoms with Crippen molar-refractivity contribution >= 4 is 29.5 Å². The summed E-state index contributed by atoms with van der Waals surface area (Å²) in [5.41, 5.74) is 0. The predicted molar refractivity (Wildman–Crippen MR) is 155 cm³/mol. The molecule has 0 aromatic heterocycles. The number of aliphatic hydroxyl groups excluding tert-OH is 1. The molecule has 4 rings (SSSR count).